The second kappa shape index (κ2) is 6.25. The molecule has 1 fully saturated rings. The molecule has 2 unspecified atom stereocenters. The first-order chi connectivity index (χ1) is 8.61. The average molecular weight is 287 g/mol. The van der Waals surface area contributed by atoms with Crippen molar-refractivity contribution in [3.05, 3.63) is 33.8 Å². The molecule has 0 aliphatic carbocycles. The van der Waals surface area contributed by atoms with E-state index < -0.39 is 0 Å². The molecule has 1 aliphatic rings. The van der Waals surface area contributed by atoms with Gasteiger partial charge in [-0.05, 0) is 25.5 Å². The zero-order valence-electron chi connectivity index (χ0n) is 10.9. The van der Waals surface area contributed by atoms with Crippen molar-refractivity contribution in [2.24, 2.45) is 0 Å². The molecule has 2 nitrogen and oxygen atoms in total. The van der Waals surface area contributed by atoms with Crippen molar-refractivity contribution in [3.63, 3.8) is 0 Å². The van der Waals surface area contributed by atoms with Crippen LogP contribution in [0.5, 0.6) is 0 Å². The van der Waals surface area contributed by atoms with Crippen LogP contribution in [0.15, 0.2) is 18.2 Å². The quantitative estimate of drug-likeness (QED) is 0.914. The normalized spacial score (nSPS) is 25.3. The van der Waals surface area contributed by atoms with E-state index in [2.05, 4.69) is 24.1 Å². The third-order valence-corrected chi connectivity index (χ3v) is 4.33. The molecule has 0 aromatic heterocycles. The predicted molar refractivity (Wildman–Crippen MR) is 78.4 cm³/mol. The van der Waals surface area contributed by atoms with E-state index >= 15 is 0 Å². The van der Waals surface area contributed by atoms with Gasteiger partial charge >= 0.3 is 0 Å². The van der Waals surface area contributed by atoms with Gasteiger partial charge < -0.3 is 5.32 Å². The highest BCUT2D eigenvalue weighted by Gasteiger charge is 2.25. The predicted octanol–water partition coefficient (Wildman–Crippen LogP) is 3.57. The Morgan fingerprint density at radius 2 is 2.00 bits per heavy atom. The van der Waals surface area contributed by atoms with Crippen LogP contribution in [0.3, 0.4) is 0 Å². The largest absolute Gasteiger partial charge is 0.311 e. The fourth-order valence-corrected chi connectivity index (χ4v) is 3.03. The number of nitrogens with one attached hydrogen (secondary N) is 1. The van der Waals surface area contributed by atoms with Crippen molar-refractivity contribution in [2.75, 3.05) is 13.1 Å². The average Bonchev–Trinajstić information content (AvgIpc) is 2.34. The van der Waals surface area contributed by atoms with Crippen LogP contribution >= 0.6 is 23.2 Å². The van der Waals surface area contributed by atoms with E-state index in [1.165, 1.54) is 0 Å². The molecular weight excluding hydrogens is 267 g/mol. The summed E-state index contributed by atoms with van der Waals surface area (Å²) in [5, 5.41) is 5.05. The van der Waals surface area contributed by atoms with E-state index in [4.69, 9.17) is 23.2 Å². The maximum Gasteiger partial charge on any atom is 0.0465 e. The summed E-state index contributed by atoms with van der Waals surface area (Å²) in [4.78, 5) is 2.48. The van der Waals surface area contributed by atoms with E-state index in [0.29, 0.717) is 12.1 Å². The van der Waals surface area contributed by atoms with Crippen LogP contribution in [-0.2, 0) is 6.54 Å². The molecule has 2 rings (SSSR count). The molecule has 1 aromatic rings. The minimum absolute atomic E-state index is 0.522. The number of halogens is 2. The van der Waals surface area contributed by atoms with Crippen molar-refractivity contribution in [3.8, 4) is 0 Å². The number of hydrogen-bond donors (Lipinski definition) is 1. The summed E-state index contributed by atoms with van der Waals surface area (Å²) in [5.74, 6) is 0. The van der Waals surface area contributed by atoms with Gasteiger partial charge in [0.25, 0.3) is 0 Å². The van der Waals surface area contributed by atoms with Crippen molar-refractivity contribution in [2.45, 2.75) is 38.9 Å². The number of rotatable bonds is 3. The van der Waals surface area contributed by atoms with Crippen molar-refractivity contribution >= 4 is 23.2 Å². The number of hydrogen-bond acceptors (Lipinski definition) is 2. The smallest absolute Gasteiger partial charge is 0.0465 e. The summed E-state index contributed by atoms with van der Waals surface area (Å²) in [7, 11) is 0. The van der Waals surface area contributed by atoms with Gasteiger partial charge in [0.15, 0.2) is 0 Å². The van der Waals surface area contributed by atoms with Gasteiger partial charge in [-0.15, -0.1) is 0 Å². The molecule has 0 bridgehead atoms. The highest BCUT2D eigenvalue weighted by molar-refractivity contribution is 6.35. The zero-order valence-corrected chi connectivity index (χ0v) is 12.4. The molecule has 1 saturated heterocycles. The Labute approximate surface area is 119 Å². The van der Waals surface area contributed by atoms with Crippen LogP contribution in [0.25, 0.3) is 0 Å². The SMILES string of the molecule is CCC1CNC(C)CN1Cc1c(Cl)cccc1Cl. The lowest BCUT2D eigenvalue weighted by atomic mass is 10.1. The van der Waals surface area contributed by atoms with E-state index in [-0.39, 0.29) is 0 Å². The van der Waals surface area contributed by atoms with Gasteiger partial charge in [-0.25, -0.2) is 0 Å². The molecule has 18 heavy (non-hydrogen) atoms. The van der Waals surface area contributed by atoms with Crippen LogP contribution in [-0.4, -0.2) is 30.1 Å². The number of nitrogens with zero attached hydrogens (tertiary/aromatic N) is 1. The van der Waals surface area contributed by atoms with Crippen molar-refractivity contribution < 1.29 is 0 Å². The summed E-state index contributed by atoms with van der Waals surface area (Å²) in [6.45, 7) is 7.36. The summed E-state index contributed by atoms with van der Waals surface area (Å²) >= 11 is 12.5. The Hall–Kier alpha value is -0.280. The second-order valence-electron chi connectivity index (χ2n) is 5.00. The summed E-state index contributed by atoms with van der Waals surface area (Å²) in [6, 6.07) is 6.80. The highest BCUT2D eigenvalue weighted by Crippen LogP contribution is 2.27. The topological polar surface area (TPSA) is 15.3 Å². The second-order valence-corrected chi connectivity index (χ2v) is 5.82. The van der Waals surface area contributed by atoms with Gasteiger partial charge in [0, 0.05) is 47.3 Å². The van der Waals surface area contributed by atoms with E-state index in [0.717, 1.165) is 41.7 Å². The fourth-order valence-electron chi connectivity index (χ4n) is 2.51. The Balaban J connectivity index is 2.15. The molecule has 4 heteroatoms. The number of benzene rings is 1. The highest BCUT2D eigenvalue weighted by atomic mass is 35.5. The summed E-state index contributed by atoms with van der Waals surface area (Å²) < 4.78 is 0. The maximum atomic E-state index is 6.25. The molecule has 1 aromatic carbocycles. The van der Waals surface area contributed by atoms with Gasteiger partial charge in [0.2, 0.25) is 0 Å². The lowest BCUT2D eigenvalue weighted by molar-refractivity contribution is 0.124. The first kappa shape index (κ1) is 14.1. The van der Waals surface area contributed by atoms with Crippen molar-refractivity contribution in [1.29, 1.82) is 0 Å². The zero-order chi connectivity index (χ0) is 13.1. The fraction of sp³-hybridized carbons (Fsp3) is 0.571. The standard InChI is InChI=1S/C14H20Cl2N2/c1-3-11-7-17-10(2)8-18(11)9-12-13(15)5-4-6-14(12)16/h4-6,10-11,17H,3,7-9H2,1-2H3. The minimum atomic E-state index is 0.522. The minimum Gasteiger partial charge on any atom is -0.311 e. The first-order valence-electron chi connectivity index (χ1n) is 6.52. The molecule has 1 N–H and O–H groups in total. The van der Waals surface area contributed by atoms with Gasteiger partial charge in [-0.2, -0.15) is 0 Å². The molecule has 1 heterocycles. The van der Waals surface area contributed by atoms with Crippen LogP contribution in [0.4, 0.5) is 0 Å². The van der Waals surface area contributed by atoms with Gasteiger partial charge in [-0.1, -0.05) is 36.2 Å². The number of piperazine rings is 1. The molecule has 2 atom stereocenters. The lowest BCUT2D eigenvalue weighted by Gasteiger charge is -2.39. The van der Waals surface area contributed by atoms with E-state index in [1.807, 2.05) is 18.2 Å². The summed E-state index contributed by atoms with van der Waals surface area (Å²) in [6.07, 6.45) is 1.14. The molecule has 0 saturated carbocycles. The third-order valence-electron chi connectivity index (χ3n) is 3.62. The lowest BCUT2D eigenvalue weighted by Crippen LogP contribution is -2.54. The van der Waals surface area contributed by atoms with Crippen LogP contribution in [0.2, 0.25) is 10.0 Å². The Kier molecular flexibility index (Phi) is 4.91. The van der Waals surface area contributed by atoms with E-state index in [9.17, 15) is 0 Å². The summed E-state index contributed by atoms with van der Waals surface area (Å²) in [5.41, 5.74) is 1.05. The molecule has 0 spiro atoms. The van der Waals surface area contributed by atoms with Crippen LogP contribution < -0.4 is 5.32 Å². The molecule has 0 amide bonds. The molecular formula is C14H20Cl2N2. The maximum absolute atomic E-state index is 6.25. The third kappa shape index (κ3) is 3.18. The first-order valence-corrected chi connectivity index (χ1v) is 7.27. The van der Waals surface area contributed by atoms with Gasteiger partial charge in [0.1, 0.15) is 0 Å². The molecule has 0 radical (unpaired) electrons. The van der Waals surface area contributed by atoms with Crippen LogP contribution in [0.1, 0.15) is 25.8 Å². The van der Waals surface area contributed by atoms with E-state index in [1.54, 1.807) is 0 Å². The molecule has 1 aliphatic heterocycles. The van der Waals surface area contributed by atoms with Crippen molar-refractivity contribution in [1.82, 2.24) is 10.2 Å². The monoisotopic (exact) mass is 286 g/mol. The Morgan fingerprint density at radius 3 is 2.61 bits per heavy atom. The van der Waals surface area contributed by atoms with Gasteiger partial charge in [0.05, 0.1) is 0 Å². The Morgan fingerprint density at radius 1 is 1.33 bits per heavy atom. The Bertz CT molecular complexity index is 389. The van der Waals surface area contributed by atoms with Crippen LogP contribution in [0, 0.1) is 0 Å². The van der Waals surface area contributed by atoms with Gasteiger partial charge in [-0.3, -0.25) is 4.90 Å². The molecule has 100 valence electrons.